The number of hydrogen-bond acceptors (Lipinski definition) is 2. The van der Waals surface area contributed by atoms with E-state index in [0.29, 0.717) is 12.1 Å². The van der Waals surface area contributed by atoms with Crippen LogP contribution in [0.1, 0.15) is 25.7 Å². The van der Waals surface area contributed by atoms with Gasteiger partial charge in [-0.15, -0.1) is 12.4 Å². The third-order valence-corrected chi connectivity index (χ3v) is 2.95. The van der Waals surface area contributed by atoms with Crippen LogP contribution in [-0.2, 0) is 0 Å². The Balaban J connectivity index is 0.00000112. The van der Waals surface area contributed by atoms with Crippen molar-refractivity contribution < 1.29 is 0 Å². The molecule has 2 nitrogen and oxygen atoms in total. The summed E-state index contributed by atoms with van der Waals surface area (Å²) in [7, 11) is 0. The molecule has 1 aliphatic rings. The summed E-state index contributed by atoms with van der Waals surface area (Å²) in [5.74, 6) is 0. The summed E-state index contributed by atoms with van der Waals surface area (Å²) in [6.07, 6.45) is 4.95. The second-order valence-corrected chi connectivity index (χ2v) is 4.07. The summed E-state index contributed by atoms with van der Waals surface area (Å²) in [5, 5.41) is 3.51. The molecule has 1 aromatic carbocycles. The van der Waals surface area contributed by atoms with Gasteiger partial charge in [-0.3, -0.25) is 0 Å². The highest BCUT2D eigenvalue weighted by atomic mass is 35.5. The predicted molar refractivity (Wildman–Crippen MR) is 67.5 cm³/mol. The average molecular weight is 227 g/mol. The number of benzene rings is 1. The van der Waals surface area contributed by atoms with E-state index >= 15 is 0 Å². The van der Waals surface area contributed by atoms with Crippen LogP contribution in [0.4, 0.5) is 5.69 Å². The summed E-state index contributed by atoms with van der Waals surface area (Å²) < 4.78 is 0. The maximum Gasteiger partial charge on any atom is 0.0412 e. The molecule has 0 heterocycles. The lowest BCUT2D eigenvalue weighted by Gasteiger charge is -2.30. The van der Waals surface area contributed by atoms with E-state index in [1.54, 1.807) is 0 Å². The van der Waals surface area contributed by atoms with Crippen molar-refractivity contribution >= 4 is 18.1 Å². The first-order chi connectivity index (χ1) is 6.86. The van der Waals surface area contributed by atoms with Gasteiger partial charge in [0.2, 0.25) is 0 Å². The van der Waals surface area contributed by atoms with Crippen LogP contribution in [0.3, 0.4) is 0 Å². The number of nitrogens with two attached hydrogens (primary N) is 1. The normalized spacial score (nSPS) is 25.4. The maximum absolute atomic E-state index is 6.06. The Morgan fingerprint density at radius 1 is 1.07 bits per heavy atom. The molecule has 2 unspecified atom stereocenters. The Morgan fingerprint density at radius 3 is 2.40 bits per heavy atom. The molecular weight excluding hydrogens is 208 g/mol. The fraction of sp³-hybridized carbons (Fsp3) is 0.500. The van der Waals surface area contributed by atoms with Crippen LogP contribution in [0, 0.1) is 0 Å². The zero-order valence-corrected chi connectivity index (χ0v) is 9.67. The lowest BCUT2D eigenvalue weighted by molar-refractivity contribution is 0.404. The van der Waals surface area contributed by atoms with E-state index in [1.165, 1.54) is 24.9 Å². The molecule has 0 bridgehead atoms. The van der Waals surface area contributed by atoms with Gasteiger partial charge in [0.1, 0.15) is 0 Å². The molecule has 1 aliphatic carbocycles. The molecule has 0 amide bonds. The largest absolute Gasteiger partial charge is 0.381 e. The first-order valence-corrected chi connectivity index (χ1v) is 5.43. The van der Waals surface area contributed by atoms with Crippen LogP contribution >= 0.6 is 12.4 Å². The molecule has 1 saturated carbocycles. The zero-order valence-electron chi connectivity index (χ0n) is 8.86. The monoisotopic (exact) mass is 226 g/mol. The molecule has 1 aromatic rings. The molecule has 15 heavy (non-hydrogen) atoms. The van der Waals surface area contributed by atoms with Crippen molar-refractivity contribution in [3.63, 3.8) is 0 Å². The third kappa shape index (κ3) is 3.40. The van der Waals surface area contributed by atoms with Gasteiger partial charge in [0.25, 0.3) is 0 Å². The van der Waals surface area contributed by atoms with Gasteiger partial charge < -0.3 is 11.1 Å². The van der Waals surface area contributed by atoms with E-state index in [1.807, 2.05) is 6.07 Å². The molecule has 0 aliphatic heterocycles. The van der Waals surface area contributed by atoms with Crippen molar-refractivity contribution in [1.82, 2.24) is 0 Å². The minimum Gasteiger partial charge on any atom is -0.381 e. The Labute approximate surface area is 97.7 Å². The minimum absolute atomic E-state index is 0. The number of hydrogen-bond donors (Lipinski definition) is 2. The summed E-state index contributed by atoms with van der Waals surface area (Å²) in [6, 6.07) is 11.1. The Morgan fingerprint density at radius 2 is 1.73 bits per heavy atom. The van der Waals surface area contributed by atoms with Crippen molar-refractivity contribution in [3.05, 3.63) is 30.3 Å². The SMILES string of the molecule is Cl.NC1CCCCC1Nc1ccccc1. The van der Waals surface area contributed by atoms with Gasteiger partial charge in [-0.05, 0) is 25.0 Å². The van der Waals surface area contributed by atoms with Gasteiger partial charge in [0.05, 0.1) is 0 Å². The summed E-state index contributed by atoms with van der Waals surface area (Å²) in [6.45, 7) is 0. The lowest BCUT2D eigenvalue weighted by atomic mass is 9.91. The molecule has 3 heteroatoms. The van der Waals surface area contributed by atoms with Crippen molar-refractivity contribution in [2.75, 3.05) is 5.32 Å². The molecular formula is C12H19ClN2. The average Bonchev–Trinajstić information content (AvgIpc) is 2.23. The molecule has 0 saturated heterocycles. The van der Waals surface area contributed by atoms with Crippen molar-refractivity contribution in [1.29, 1.82) is 0 Å². The molecule has 2 rings (SSSR count). The molecule has 84 valence electrons. The van der Waals surface area contributed by atoms with E-state index in [-0.39, 0.29) is 12.4 Å². The fourth-order valence-corrected chi connectivity index (χ4v) is 2.09. The maximum atomic E-state index is 6.06. The van der Waals surface area contributed by atoms with Crippen molar-refractivity contribution in [2.24, 2.45) is 5.73 Å². The number of halogens is 1. The van der Waals surface area contributed by atoms with Gasteiger partial charge in [0.15, 0.2) is 0 Å². The van der Waals surface area contributed by atoms with Gasteiger partial charge in [-0.25, -0.2) is 0 Å². The Bertz CT molecular complexity index is 276. The van der Waals surface area contributed by atoms with Crippen LogP contribution in [-0.4, -0.2) is 12.1 Å². The van der Waals surface area contributed by atoms with Gasteiger partial charge >= 0.3 is 0 Å². The van der Waals surface area contributed by atoms with E-state index < -0.39 is 0 Å². The van der Waals surface area contributed by atoms with Crippen LogP contribution in [0.15, 0.2) is 30.3 Å². The highest BCUT2D eigenvalue weighted by molar-refractivity contribution is 5.85. The first-order valence-electron chi connectivity index (χ1n) is 5.43. The number of nitrogens with one attached hydrogen (secondary N) is 1. The predicted octanol–water partition coefficient (Wildman–Crippen LogP) is 2.79. The second kappa shape index (κ2) is 5.99. The quantitative estimate of drug-likeness (QED) is 0.814. The van der Waals surface area contributed by atoms with Crippen LogP contribution in [0.2, 0.25) is 0 Å². The first kappa shape index (κ1) is 12.3. The van der Waals surface area contributed by atoms with Crippen LogP contribution in [0.25, 0.3) is 0 Å². The summed E-state index contributed by atoms with van der Waals surface area (Å²) in [4.78, 5) is 0. The molecule has 0 spiro atoms. The van der Waals surface area contributed by atoms with Gasteiger partial charge in [-0.2, -0.15) is 0 Å². The molecule has 2 atom stereocenters. The zero-order chi connectivity index (χ0) is 9.80. The van der Waals surface area contributed by atoms with E-state index in [4.69, 9.17) is 5.73 Å². The van der Waals surface area contributed by atoms with E-state index in [9.17, 15) is 0 Å². The van der Waals surface area contributed by atoms with Crippen LogP contribution < -0.4 is 11.1 Å². The van der Waals surface area contributed by atoms with Crippen molar-refractivity contribution in [2.45, 2.75) is 37.8 Å². The Kier molecular flexibility index (Phi) is 4.92. The van der Waals surface area contributed by atoms with Crippen LogP contribution in [0.5, 0.6) is 0 Å². The Hall–Kier alpha value is -0.730. The minimum atomic E-state index is 0. The highest BCUT2D eigenvalue weighted by Gasteiger charge is 2.20. The molecule has 0 radical (unpaired) electrons. The molecule has 0 aromatic heterocycles. The number of anilines is 1. The highest BCUT2D eigenvalue weighted by Crippen LogP contribution is 2.20. The van der Waals surface area contributed by atoms with Gasteiger partial charge in [-0.1, -0.05) is 31.0 Å². The van der Waals surface area contributed by atoms with E-state index in [0.717, 1.165) is 6.42 Å². The second-order valence-electron chi connectivity index (χ2n) is 4.07. The number of para-hydroxylation sites is 1. The number of rotatable bonds is 2. The lowest BCUT2D eigenvalue weighted by Crippen LogP contribution is -2.42. The molecule has 3 N–H and O–H groups in total. The standard InChI is InChI=1S/C12H18N2.ClH/c13-11-8-4-5-9-12(11)14-10-6-2-1-3-7-10;/h1-3,6-7,11-12,14H,4-5,8-9,13H2;1H. The summed E-state index contributed by atoms with van der Waals surface area (Å²) >= 11 is 0. The van der Waals surface area contributed by atoms with Crippen molar-refractivity contribution in [3.8, 4) is 0 Å². The van der Waals surface area contributed by atoms with Gasteiger partial charge in [0, 0.05) is 17.8 Å². The molecule has 1 fully saturated rings. The summed E-state index contributed by atoms with van der Waals surface area (Å²) in [5.41, 5.74) is 7.25. The third-order valence-electron chi connectivity index (χ3n) is 2.95. The fourth-order valence-electron chi connectivity index (χ4n) is 2.09. The topological polar surface area (TPSA) is 38.0 Å². The van der Waals surface area contributed by atoms with E-state index in [2.05, 4.69) is 29.6 Å². The smallest absolute Gasteiger partial charge is 0.0412 e.